The predicted molar refractivity (Wildman–Crippen MR) is 146 cm³/mol. The molecule has 3 amide bonds. The molecule has 39 heavy (non-hydrogen) atoms. The van der Waals surface area contributed by atoms with Crippen LogP contribution in [0.5, 0.6) is 5.75 Å². The smallest absolute Gasteiger partial charge is 0.257 e. The molecule has 0 saturated carbocycles. The van der Waals surface area contributed by atoms with Crippen molar-refractivity contribution in [2.45, 2.75) is 63.3 Å². The SMILES string of the molecule is C[C@H](NC(=O)C[C@H]1CC[C@H]2[C@H](COc3ccc(NC(=O)C4CCOCC4)cc3C(=O)N2C)O1)c1ccccc1. The van der Waals surface area contributed by atoms with Gasteiger partial charge in [-0.05, 0) is 56.4 Å². The topological polar surface area (TPSA) is 106 Å². The van der Waals surface area contributed by atoms with Crippen molar-refractivity contribution in [1.29, 1.82) is 0 Å². The number of hydrogen-bond donors (Lipinski definition) is 2. The van der Waals surface area contributed by atoms with Gasteiger partial charge in [-0.1, -0.05) is 30.3 Å². The van der Waals surface area contributed by atoms with Gasteiger partial charge in [0.2, 0.25) is 11.8 Å². The predicted octanol–water partition coefficient (Wildman–Crippen LogP) is 3.70. The van der Waals surface area contributed by atoms with Crippen molar-refractivity contribution in [3.8, 4) is 5.75 Å². The fraction of sp³-hybridized carbons (Fsp3) is 0.500. The molecule has 0 aliphatic carbocycles. The quantitative estimate of drug-likeness (QED) is 0.584. The first-order chi connectivity index (χ1) is 18.9. The Morgan fingerprint density at radius 2 is 1.82 bits per heavy atom. The molecule has 0 bridgehead atoms. The van der Waals surface area contributed by atoms with E-state index in [1.165, 1.54) is 0 Å². The number of fused-ring (bicyclic) bond motifs is 2. The van der Waals surface area contributed by atoms with Crippen LogP contribution >= 0.6 is 0 Å². The number of hydrogen-bond acceptors (Lipinski definition) is 6. The number of carbonyl (C=O) groups is 3. The summed E-state index contributed by atoms with van der Waals surface area (Å²) in [5.74, 6) is 0.0615. The molecule has 2 N–H and O–H groups in total. The van der Waals surface area contributed by atoms with Gasteiger partial charge < -0.3 is 29.7 Å². The van der Waals surface area contributed by atoms with Crippen molar-refractivity contribution in [3.63, 3.8) is 0 Å². The molecule has 3 aliphatic heterocycles. The van der Waals surface area contributed by atoms with Crippen LogP contribution in [0.4, 0.5) is 5.69 Å². The Morgan fingerprint density at radius 3 is 2.59 bits per heavy atom. The zero-order chi connectivity index (χ0) is 27.4. The average Bonchev–Trinajstić information content (AvgIpc) is 2.96. The number of nitrogens with zero attached hydrogens (tertiary/aromatic N) is 1. The summed E-state index contributed by atoms with van der Waals surface area (Å²) in [6, 6.07) is 14.8. The van der Waals surface area contributed by atoms with E-state index in [0.717, 1.165) is 5.56 Å². The van der Waals surface area contributed by atoms with Gasteiger partial charge in [0.05, 0.1) is 30.2 Å². The molecular formula is C30H37N3O6. The molecule has 5 rings (SSSR count). The van der Waals surface area contributed by atoms with E-state index in [4.69, 9.17) is 14.2 Å². The Kier molecular flexibility index (Phi) is 8.47. The highest BCUT2D eigenvalue weighted by Gasteiger charge is 2.39. The maximum Gasteiger partial charge on any atom is 0.257 e. The van der Waals surface area contributed by atoms with Gasteiger partial charge in [-0.2, -0.15) is 0 Å². The van der Waals surface area contributed by atoms with Crippen molar-refractivity contribution in [3.05, 3.63) is 59.7 Å². The summed E-state index contributed by atoms with van der Waals surface area (Å²) in [6.07, 6.45) is 2.42. The molecule has 3 aliphatic rings. The Bertz CT molecular complexity index is 1180. The minimum atomic E-state index is -0.349. The van der Waals surface area contributed by atoms with Gasteiger partial charge in [-0.25, -0.2) is 0 Å². The number of likely N-dealkylation sites (N-methyl/N-ethyl adjacent to an activating group) is 1. The lowest BCUT2D eigenvalue weighted by Gasteiger charge is -2.42. The van der Waals surface area contributed by atoms with E-state index in [-0.39, 0.29) is 61.0 Å². The summed E-state index contributed by atoms with van der Waals surface area (Å²) in [5.41, 5.74) is 2.04. The number of anilines is 1. The van der Waals surface area contributed by atoms with Crippen LogP contribution in [0.25, 0.3) is 0 Å². The lowest BCUT2D eigenvalue weighted by Crippen LogP contribution is -2.54. The first kappa shape index (κ1) is 27.1. The molecule has 0 aromatic heterocycles. The number of amides is 3. The molecule has 0 radical (unpaired) electrons. The third-order valence-electron chi connectivity index (χ3n) is 7.96. The second-order valence-electron chi connectivity index (χ2n) is 10.7. The van der Waals surface area contributed by atoms with Crippen molar-refractivity contribution in [1.82, 2.24) is 10.2 Å². The van der Waals surface area contributed by atoms with Crippen LogP contribution in [0.1, 0.15) is 61.0 Å². The molecule has 9 heteroatoms. The highest BCUT2D eigenvalue weighted by molar-refractivity contribution is 6.00. The standard InChI is InChI=1S/C30H37N3O6/c1-19(20-6-4-3-5-7-20)31-28(34)17-23-9-10-25-27(39-23)18-38-26-11-8-22(16-24(26)30(36)33(25)2)32-29(35)21-12-14-37-15-13-21/h3-8,11,16,19,21,23,25,27H,9-10,12-15,17-18H2,1-2H3,(H,31,34)(H,32,35)/t19-,23+,25-,27-/m0/s1. The van der Waals surface area contributed by atoms with Crippen LogP contribution in [-0.4, -0.2) is 67.7 Å². The van der Waals surface area contributed by atoms with Crippen LogP contribution in [0.15, 0.2) is 48.5 Å². The van der Waals surface area contributed by atoms with Gasteiger partial charge in [-0.3, -0.25) is 14.4 Å². The number of carbonyl (C=O) groups excluding carboxylic acids is 3. The second-order valence-corrected chi connectivity index (χ2v) is 10.7. The molecule has 208 valence electrons. The van der Waals surface area contributed by atoms with Gasteiger partial charge >= 0.3 is 0 Å². The van der Waals surface area contributed by atoms with E-state index in [0.29, 0.717) is 55.9 Å². The van der Waals surface area contributed by atoms with Crippen molar-refractivity contribution >= 4 is 23.4 Å². The average molecular weight is 536 g/mol. The molecule has 0 spiro atoms. The highest BCUT2D eigenvalue weighted by atomic mass is 16.5. The molecule has 2 aromatic carbocycles. The molecular weight excluding hydrogens is 498 g/mol. The lowest BCUT2D eigenvalue weighted by molar-refractivity contribution is -0.134. The summed E-state index contributed by atoms with van der Waals surface area (Å²) < 4.78 is 17.7. The van der Waals surface area contributed by atoms with Crippen LogP contribution < -0.4 is 15.4 Å². The van der Waals surface area contributed by atoms with Crippen LogP contribution in [0.2, 0.25) is 0 Å². The van der Waals surface area contributed by atoms with Crippen molar-refractivity contribution < 1.29 is 28.6 Å². The molecule has 3 heterocycles. The van der Waals surface area contributed by atoms with E-state index in [2.05, 4.69) is 10.6 Å². The van der Waals surface area contributed by atoms with Gasteiger partial charge in [-0.15, -0.1) is 0 Å². The first-order valence-corrected chi connectivity index (χ1v) is 13.8. The zero-order valence-corrected chi connectivity index (χ0v) is 22.6. The molecule has 9 nitrogen and oxygen atoms in total. The van der Waals surface area contributed by atoms with Gasteiger partial charge in [0.25, 0.3) is 5.91 Å². The number of nitrogens with one attached hydrogen (secondary N) is 2. The monoisotopic (exact) mass is 535 g/mol. The molecule has 0 unspecified atom stereocenters. The largest absolute Gasteiger partial charge is 0.490 e. The lowest BCUT2D eigenvalue weighted by atomic mass is 9.94. The number of ether oxygens (including phenoxy) is 3. The minimum absolute atomic E-state index is 0.0557. The third kappa shape index (κ3) is 6.42. The Hall–Kier alpha value is -3.43. The summed E-state index contributed by atoms with van der Waals surface area (Å²) in [7, 11) is 1.78. The van der Waals surface area contributed by atoms with E-state index < -0.39 is 0 Å². The maximum absolute atomic E-state index is 13.5. The molecule has 4 atom stereocenters. The minimum Gasteiger partial charge on any atom is -0.490 e. The molecule has 2 saturated heterocycles. The molecule has 2 aromatic rings. The van der Waals surface area contributed by atoms with E-state index in [9.17, 15) is 14.4 Å². The highest BCUT2D eigenvalue weighted by Crippen LogP contribution is 2.33. The van der Waals surface area contributed by atoms with Crippen LogP contribution in [0.3, 0.4) is 0 Å². The normalized spacial score (nSPS) is 24.3. The summed E-state index contributed by atoms with van der Waals surface area (Å²) in [6.45, 7) is 3.40. The maximum atomic E-state index is 13.5. The van der Waals surface area contributed by atoms with Crippen LogP contribution in [0, 0.1) is 5.92 Å². The van der Waals surface area contributed by atoms with Gasteiger partial charge in [0.15, 0.2) is 0 Å². The van der Waals surface area contributed by atoms with Gasteiger partial charge in [0, 0.05) is 31.9 Å². The fourth-order valence-corrected chi connectivity index (χ4v) is 5.64. The second kappa shape index (κ2) is 12.2. The van der Waals surface area contributed by atoms with E-state index in [1.54, 1.807) is 30.1 Å². The fourth-order valence-electron chi connectivity index (χ4n) is 5.64. The third-order valence-corrected chi connectivity index (χ3v) is 7.96. The van der Waals surface area contributed by atoms with E-state index in [1.807, 2.05) is 37.3 Å². The number of benzene rings is 2. The first-order valence-electron chi connectivity index (χ1n) is 13.8. The molecule has 2 fully saturated rings. The number of rotatable bonds is 6. The van der Waals surface area contributed by atoms with Crippen molar-refractivity contribution in [2.24, 2.45) is 5.92 Å². The Labute approximate surface area is 229 Å². The Balaban J connectivity index is 1.21. The van der Waals surface area contributed by atoms with Crippen LogP contribution in [-0.2, 0) is 19.1 Å². The Morgan fingerprint density at radius 1 is 1.05 bits per heavy atom. The van der Waals surface area contributed by atoms with Crippen molar-refractivity contribution in [2.75, 3.05) is 32.2 Å². The summed E-state index contributed by atoms with van der Waals surface area (Å²) in [5, 5.41) is 6.01. The summed E-state index contributed by atoms with van der Waals surface area (Å²) >= 11 is 0. The van der Waals surface area contributed by atoms with E-state index >= 15 is 0 Å². The zero-order valence-electron chi connectivity index (χ0n) is 22.6. The summed E-state index contributed by atoms with van der Waals surface area (Å²) in [4.78, 5) is 40.6. The van der Waals surface area contributed by atoms with Gasteiger partial charge in [0.1, 0.15) is 18.5 Å².